The third kappa shape index (κ3) is 2.26. The predicted molar refractivity (Wildman–Crippen MR) is 89.9 cm³/mol. The van der Waals surface area contributed by atoms with Crippen molar-refractivity contribution in [2.45, 2.75) is 6.18 Å². The number of fused-ring (bicyclic) bond motifs is 3. The Bertz CT molecular complexity index is 1070. The molecule has 10 heteroatoms. The van der Waals surface area contributed by atoms with Gasteiger partial charge in [-0.2, -0.15) is 18.2 Å². The van der Waals surface area contributed by atoms with Gasteiger partial charge in [-0.25, -0.2) is 9.97 Å². The number of nitrogens with two attached hydrogens (primary N) is 2. The van der Waals surface area contributed by atoms with Gasteiger partial charge >= 0.3 is 6.18 Å². The van der Waals surface area contributed by atoms with Crippen LogP contribution in [0.3, 0.4) is 0 Å². The topological polar surface area (TPSA) is 90.7 Å². The third-order valence-corrected chi connectivity index (χ3v) is 5.40. The highest BCUT2D eigenvalue weighted by Gasteiger charge is 2.35. The molecule has 24 heavy (non-hydrogen) atoms. The fourth-order valence-electron chi connectivity index (χ4n) is 2.45. The molecule has 4 aromatic rings. The summed E-state index contributed by atoms with van der Waals surface area (Å²) in [6.07, 6.45) is -4.56. The van der Waals surface area contributed by atoms with Crippen molar-refractivity contribution >= 4 is 54.9 Å². The van der Waals surface area contributed by atoms with E-state index in [2.05, 4.69) is 15.0 Å². The number of nitrogens with zero attached hydrogens (tertiary/aromatic N) is 3. The van der Waals surface area contributed by atoms with Gasteiger partial charge in [0.05, 0.1) is 31.7 Å². The maximum absolute atomic E-state index is 13.6. The van der Waals surface area contributed by atoms with E-state index in [0.717, 1.165) is 17.4 Å². The Morgan fingerprint density at radius 3 is 2.54 bits per heavy atom. The zero-order chi connectivity index (χ0) is 17.1. The maximum Gasteiger partial charge on any atom is 0.417 e. The first-order chi connectivity index (χ1) is 11.3. The number of hydrogen-bond acceptors (Lipinski definition) is 7. The van der Waals surface area contributed by atoms with Crippen LogP contribution in [-0.2, 0) is 6.18 Å². The van der Waals surface area contributed by atoms with E-state index in [9.17, 15) is 13.2 Å². The first-order valence-electron chi connectivity index (χ1n) is 6.62. The molecule has 4 aromatic heterocycles. The zero-order valence-corrected chi connectivity index (χ0v) is 13.4. The lowest BCUT2D eigenvalue weighted by molar-refractivity contribution is -0.136. The van der Waals surface area contributed by atoms with E-state index in [1.54, 1.807) is 17.5 Å². The quantitative estimate of drug-likeness (QED) is 0.527. The largest absolute Gasteiger partial charge is 0.417 e. The standard InChI is InChI=1S/C14H8F3N5S2/c15-14(16,17)5-4-6(7-2-1-3-23-7)20-12-8(5)9-10(24-12)11(18)22-13(19)21-9/h1-4H,(H4,18,19,21,22). The molecule has 0 atom stereocenters. The Kier molecular flexibility index (Phi) is 3.15. The fraction of sp³-hybridized carbons (Fsp3) is 0.0714. The zero-order valence-electron chi connectivity index (χ0n) is 11.8. The second kappa shape index (κ2) is 5.02. The van der Waals surface area contributed by atoms with Crippen molar-refractivity contribution in [3.8, 4) is 10.6 Å². The number of anilines is 2. The maximum atomic E-state index is 13.6. The van der Waals surface area contributed by atoms with Crippen molar-refractivity contribution in [2.75, 3.05) is 11.5 Å². The highest BCUT2D eigenvalue weighted by molar-refractivity contribution is 7.26. The van der Waals surface area contributed by atoms with Gasteiger partial charge in [-0.05, 0) is 17.5 Å². The summed E-state index contributed by atoms with van der Waals surface area (Å²) in [7, 11) is 0. The Hall–Kier alpha value is -2.46. The fourth-order valence-corrected chi connectivity index (χ4v) is 4.18. The van der Waals surface area contributed by atoms with E-state index in [1.165, 1.54) is 11.3 Å². The summed E-state index contributed by atoms with van der Waals surface area (Å²) in [5.41, 5.74) is 10.9. The van der Waals surface area contributed by atoms with Crippen molar-refractivity contribution in [1.29, 1.82) is 0 Å². The molecule has 4 rings (SSSR count). The highest BCUT2D eigenvalue weighted by Crippen LogP contribution is 2.44. The van der Waals surface area contributed by atoms with Crippen LogP contribution in [0.4, 0.5) is 24.9 Å². The summed E-state index contributed by atoms with van der Waals surface area (Å²) >= 11 is 2.35. The van der Waals surface area contributed by atoms with E-state index < -0.39 is 11.7 Å². The number of hydrogen-bond donors (Lipinski definition) is 2. The van der Waals surface area contributed by atoms with Crippen molar-refractivity contribution < 1.29 is 13.2 Å². The lowest BCUT2D eigenvalue weighted by atomic mass is 10.1. The van der Waals surface area contributed by atoms with Crippen LogP contribution in [0.25, 0.3) is 31.0 Å². The molecule has 4 N–H and O–H groups in total. The Labute approximate surface area is 140 Å². The van der Waals surface area contributed by atoms with Crippen LogP contribution >= 0.6 is 22.7 Å². The Balaban J connectivity index is 2.17. The third-order valence-electron chi connectivity index (χ3n) is 3.41. The molecular formula is C14H8F3N5S2. The lowest BCUT2D eigenvalue weighted by Gasteiger charge is -2.10. The van der Waals surface area contributed by atoms with Gasteiger partial charge in [-0.1, -0.05) is 6.07 Å². The number of halogens is 3. The first kappa shape index (κ1) is 15.1. The molecule has 4 heterocycles. The van der Waals surface area contributed by atoms with Crippen molar-refractivity contribution in [3.63, 3.8) is 0 Å². The number of rotatable bonds is 1. The predicted octanol–water partition coefficient (Wildman–Crippen LogP) is 4.15. The Morgan fingerprint density at radius 2 is 1.88 bits per heavy atom. The molecule has 0 saturated heterocycles. The van der Waals surface area contributed by atoms with E-state index >= 15 is 0 Å². The molecule has 0 saturated carbocycles. The van der Waals surface area contributed by atoms with Crippen molar-refractivity contribution in [3.05, 3.63) is 29.1 Å². The summed E-state index contributed by atoms with van der Waals surface area (Å²) in [6.45, 7) is 0. The number of nitrogen functional groups attached to an aromatic ring is 2. The molecule has 5 nitrogen and oxygen atoms in total. The highest BCUT2D eigenvalue weighted by atomic mass is 32.1. The van der Waals surface area contributed by atoms with Gasteiger partial charge in [0.2, 0.25) is 5.95 Å². The molecule has 0 unspecified atom stereocenters. The molecule has 0 aliphatic carbocycles. The normalized spacial score (nSPS) is 12.3. The van der Waals surface area contributed by atoms with E-state index in [-0.39, 0.29) is 33.2 Å². The summed E-state index contributed by atoms with van der Waals surface area (Å²) < 4.78 is 41.2. The summed E-state index contributed by atoms with van der Waals surface area (Å²) in [5, 5.41) is 1.69. The molecule has 0 spiro atoms. The van der Waals surface area contributed by atoms with Gasteiger partial charge in [0.15, 0.2) is 0 Å². The number of alkyl halides is 3. The lowest BCUT2D eigenvalue weighted by Crippen LogP contribution is -2.07. The number of pyridine rings is 1. The average Bonchev–Trinajstić information content (AvgIpc) is 3.12. The summed E-state index contributed by atoms with van der Waals surface area (Å²) in [6, 6.07) is 4.52. The van der Waals surface area contributed by atoms with Gasteiger partial charge in [-0.15, -0.1) is 22.7 Å². The van der Waals surface area contributed by atoms with Gasteiger partial charge in [0.25, 0.3) is 0 Å². The first-order valence-corrected chi connectivity index (χ1v) is 8.31. The van der Waals surface area contributed by atoms with Crippen LogP contribution in [0.2, 0.25) is 0 Å². The van der Waals surface area contributed by atoms with E-state index in [4.69, 9.17) is 11.5 Å². The summed E-state index contributed by atoms with van der Waals surface area (Å²) in [4.78, 5) is 13.0. The van der Waals surface area contributed by atoms with Crippen LogP contribution in [-0.4, -0.2) is 15.0 Å². The average molecular weight is 367 g/mol. The van der Waals surface area contributed by atoms with Crippen LogP contribution in [0.5, 0.6) is 0 Å². The molecule has 0 aliphatic heterocycles. The smallest absolute Gasteiger partial charge is 0.382 e. The molecule has 122 valence electrons. The molecular weight excluding hydrogens is 359 g/mol. The van der Waals surface area contributed by atoms with Crippen LogP contribution < -0.4 is 11.5 Å². The molecule has 0 bridgehead atoms. The molecule has 0 amide bonds. The van der Waals surface area contributed by atoms with Gasteiger partial charge in [0, 0.05) is 0 Å². The monoisotopic (exact) mass is 367 g/mol. The Morgan fingerprint density at radius 1 is 1.08 bits per heavy atom. The van der Waals surface area contributed by atoms with E-state index in [0.29, 0.717) is 9.58 Å². The SMILES string of the molecule is Nc1nc(N)c2sc3nc(-c4cccs4)cc(C(F)(F)F)c3c2n1. The summed E-state index contributed by atoms with van der Waals surface area (Å²) in [5.74, 6) is -0.124. The van der Waals surface area contributed by atoms with Crippen LogP contribution in [0, 0.1) is 0 Å². The minimum atomic E-state index is -4.56. The second-order valence-electron chi connectivity index (χ2n) is 4.96. The molecule has 0 aromatic carbocycles. The van der Waals surface area contributed by atoms with Gasteiger partial charge in [-0.3, -0.25) is 0 Å². The molecule has 0 aliphatic rings. The van der Waals surface area contributed by atoms with Crippen LogP contribution in [0.1, 0.15) is 5.56 Å². The van der Waals surface area contributed by atoms with Crippen LogP contribution in [0.15, 0.2) is 23.6 Å². The van der Waals surface area contributed by atoms with Gasteiger partial charge < -0.3 is 11.5 Å². The molecule has 0 radical (unpaired) electrons. The minimum absolute atomic E-state index is 0.0475. The number of aromatic nitrogens is 3. The molecule has 0 fully saturated rings. The minimum Gasteiger partial charge on any atom is -0.382 e. The number of thiophene rings is 2. The van der Waals surface area contributed by atoms with E-state index in [1.807, 2.05) is 0 Å². The van der Waals surface area contributed by atoms with Crippen molar-refractivity contribution in [2.24, 2.45) is 0 Å². The van der Waals surface area contributed by atoms with Gasteiger partial charge in [0.1, 0.15) is 10.6 Å². The second-order valence-corrected chi connectivity index (χ2v) is 6.90. The van der Waals surface area contributed by atoms with Crippen molar-refractivity contribution in [1.82, 2.24) is 15.0 Å².